The van der Waals surface area contributed by atoms with Gasteiger partial charge in [0.15, 0.2) is 5.82 Å². The van der Waals surface area contributed by atoms with Crippen LogP contribution in [0.2, 0.25) is 5.02 Å². The summed E-state index contributed by atoms with van der Waals surface area (Å²) in [5.41, 5.74) is -1.62. The Bertz CT molecular complexity index is 1540. The highest BCUT2D eigenvalue weighted by atomic mass is 35.5. The zero-order valence-corrected chi connectivity index (χ0v) is 23.7. The maximum Gasteiger partial charge on any atom is 0.417 e. The van der Waals surface area contributed by atoms with Gasteiger partial charge in [-0.2, -0.15) is 13.2 Å². The molecular weight excluding hydrogens is 571 g/mol. The Kier molecular flexibility index (Phi) is 9.63. The van der Waals surface area contributed by atoms with Gasteiger partial charge in [-0.3, -0.25) is 10.1 Å². The highest BCUT2D eigenvalue weighted by molar-refractivity contribution is 8.00. The fourth-order valence-electron chi connectivity index (χ4n) is 3.36. The number of carbonyl (C=O) groups excluding carboxylic acids is 1. The third kappa shape index (κ3) is 7.19. The molecule has 0 atom stereocenters. The molecule has 0 spiro atoms. The van der Waals surface area contributed by atoms with Crippen molar-refractivity contribution in [3.05, 3.63) is 76.9 Å². The standard InChI is InChI=1S/C26H20ClF5N4OS.C2H6/c1-25(2,3)23(37)35-24-33-12-14-10-13(4-8-18(14)34-24)21-17(28)7-9-19(22(21)29)36-38-20-11-15(27)5-6-16(20)26(30,31)32;1-2/h4-12,36H,1-3H3,(H,33,34,35,37);1-2H3. The highest BCUT2D eigenvalue weighted by Crippen LogP contribution is 2.39. The van der Waals surface area contributed by atoms with Gasteiger partial charge in [-0.1, -0.05) is 52.3 Å². The predicted molar refractivity (Wildman–Crippen MR) is 150 cm³/mol. The molecule has 5 nitrogen and oxygen atoms in total. The van der Waals surface area contributed by atoms with Gasteiger partial charge in [0.2, 0.25) is 11.9 Å². The quantitative estimate of drug-likeness (QED) is 0.177. The highest BCUT2D eigenvalue weighted by Gasteiger charge is 2.34. The Morgan fingerprint density at radius 3 is 2.33 bits per heavy atom. The molecule has 0 aliphatic rings. The van der Waals surface area contributed by atoms with E-state index in [4.69, 9.17) is 11.6 Å². The first-order chi connectivity index (χ1) is 18.7. The Morgan fingerprint density at radius 1 is 0.975 bits per heavy atom. The normalized spacial score (nSPS) is 11.6. The topological polar surface area (TPSA) is 66.9 Å². The number of halogens is 6. The molecule has 2 N–H and O–H groups in total. The number of alkyl halides is 3. The Morgan fingerprint density at radius 2 is 1.68 bits per heavy atom. The minimum atomic E-state index is -4.65. The van der Waals surface area contributed by atoms with Gasteiger partial charge in [0, 0.05) is 26.9 Å². The first-order valence-corrected chi connectivity index (χ1v) is 13.3. The third-order valence-electron chi connectivity index (χ3n) is 5.39. The molecule has 0 saturated heterocycles. The van der Waals surface area contributed by atoms with Crippen molar-refractivity contribution in [3.63, 3.8) is 0 Å². The SMILES string of the molecule is CC.CC(C)(C)C(=O)Nc1ncc2cc(-c3c(F)ccc(NSc4cc(Cl)ccc4C(F)(F)F)c3F)ccc2n1. The van der Waals surface area contributed by atoms with Crippen LogP contribution < -0.4 is 10.0 Å². The van der Waals surface area contributed by atoms with Crippen LogP contribution >= 0.6 is 23.5 Å². The molecule has 0 fully saturated rings. The molecule has 0 aliphatic heterocycles. The zero-order chi connectivity index (χ0) is 29.8. The fraction of sp³-hybridized carbons (Fsp3) is 0.250. The van der Waals surface area contributed by atoms with Crippen molar-refractivity contribution in [2.75, 3.05) is 10.0 Å². The smallest absolute Gasteiger partial charge is 0.323 e. The van der Waals surface area contributed by atoms with Crippen LogP contribution in [0.1, 0.15) is 40.2 Å². The summed E-state index contributed by atoms with van der Waals surface area (Å²) in [5, 5.41) is 3.15. The molecule has 0 bridgehead atoms. The summed E-state index contributed by atoms with van der Waals surface area (Å²) in [7, 11) is 0. The van der Waals surface area contributed by atoms with Crippen molar-refractivity contribution in [3.8, 4) is 11.1 Å². The van der Waals surface area contributed by atoms with Crippen LogP contribution in [0.4, 0.5) is 33.6 Å². The van der Waals surface area contributed by atoms with Crippen LogP contribution in [-0.2, 0) is 11.0 Å². The molecule has 4 rings (SSSR count). The van der Waals surface area contributed by atoms with Gasteiger partial charge >= 0.3 is 6.18 Å². The number of anilines is 2. The van der Waals surface area contributed by atoms with Crippen molar-refractivity contribution >= 4 is 52.0 Å². The summed E-state index contributed by atoms with van der Waals surface area (Å²) in [6, 6.07) is 9.58. The number of amides is 1. The maximum atomic E-state index is 15.4. The second-order valence-electron chi connectivity index (χ2n) is 9.30. The molecular formula is C28H26ClF5N4OS. The molecule has 12 heteroatoms. The molecule has 0 unspecified atom stereocenters. The van der Waals surface area contributed by atoms with Gasteiger partial charge in [0.05, 0.1) is 22.3 Å². The van der Waals surface area contributed by atoms with E-state index in [0.717, 1.165) is 30.3 Å². The van der Waals surface area contributed by atoms with Gasteiger partial charge in [-0.15, -0.1) is 0 Å². The minimum Gasteiger partial charge on any atom is -0.323 e. The Hall–Kier alpha value is -3.44. The zero-order valence-electron chi connectivity index (χ0n) is 22.2. The number of carbonyl (C=O) groups is 1. The van der Waals surface area contributed by atoms with Crippen molar-refractivity contribution in [2.24, 2.45) is 5.41 Å². The second kappa shape index (κ2) is 12.4. The van der Waals surface area contributed by atoms with E-state index in [1.54, 1.807) is 20.8 Å². The van der Waals surface area contributed by atoms with Gasteiger partial charge in [-0.25, -0.2) is 18.7 Å². The first-order valence-electron chi connectivity index (χ1n) is 12.1. The minimum absolute atomic E-state index is 0.0714. The molecule has 3 aromatic carbocycles. The van der Waals surface area contributed by atoms with Crippen LogP contribution in [-0.4, -0.2) is 15.9 Å². The number of hydrogen-bond acceptors (Lipinski definition) is 5. The summed E-state index contributed by atoms with van der Waals surface area (Å²) < 4.78 is 72.8. The molecule has 1 aromatic heterocycles. The summed E-state index contributed by atoms with van der Waals surface area (Å²) in [5.74, 6) is -2.06. The van der Waals surface area contributed by atoms with E-state index in [2.05, 4.69) is 20.0 Å². The van der Waals surface area contributed by atoms with E-state index in [0.29, 0.717) is 22.9 Å². The van der Waals surface area contributed by atoms with E-state index < -0.39 is 28.8 Å². The Balaban J connectivity index is 0.00000216. The molecule has 1 heterocycles. The number of hydrogen-bond donors (Lipinski definition) is 2. The second-order valence-corrected chi connectivity index (χ2v) is 10.6. The van der Waals surface area contributed by atoms with Crippen LogP contribution in [0.15, 0.2) is 59.6 Å². The van der Waals surface area contributed by atoms with Gasteiger partial charge in [0.25, 0.3) is 0 Å². The lowest BCUT2D eigenvalue weighted by atomic mass is 9.96. The number of aromatic nitrogens is 2. The molecule has 212 valence electrons. The van der Waals surface area contributed by atoms with Crippen LogP contribution in [0, 0.1) is 17.0 Å². The van der Waals surface area contributed by atoms with Crippen molar-refractivity contribution in [1.29, 1.82) is 0 Å². The fourth-order valence-corrected chi connectivity index (χ4v) is 4.45. The molecule has 1 amide bonds. The van der Waals surface area contributed by atoms with E-state index in [1.807, 2.05) is 13.8 Å². The van der Waals surface area contributed by atoms with E-state index in [-0.39, 0.29) is 38.6 Å². The van der Waals surface area contributed by atoms with Gasteiger partial charge in [-0.05, 0) is 60.0 Å². The van der Waals surface area contributed by atoms with Crippen LogP contribution in [0.3, 0.4) is 0 Å². The average molecular weight is 597 g/mol. The van der Waals surface area contributed by atoms with Crippen molar-refractivity contribution in [1.82, 2.24) is 9.97 Å². The van der Waals surface area contributed by atoms with Crippen LogP contribution in [0.5, 0.6) is 0 Å². The summed E-state index contributed by atoms with van der Waals surface area (Å²) in [4.78, 5) is 20.3. The number of nitrogens with zero attached hydrogens (tertiary/aromatic N) is 2. The lowest BCUT2D eigenvalue weighted by Crippen LogP contribution is -2.28. The first kappa shape index (κ1) is 31.1. The number of nitrogens with one attached hydrogen (secondary N) is 2. The lowest BCUT2D eigenvalue weighted by molar-refractivity contribution is -0.139. The maximum absolute atomic E-state index is 15.4. The van der Waals surface area contributed by atoms with Gasteiger partial charge in [0.1, 0.15) is 5.82 Å². The molecule has 4 aromatic rings. The lowest BCUT2D eigenvalue weighted by Gasteiger charge is -2.16. The third-order valence-corrected chi connectivity index (χ3v) is 6.50. The Labute approximate surface area is 237 Å². The largest absolute Gasteiger partial charge is 0.417 e. The van der Waals surface area contributed by atoms with E-state index in [1.165, 1.54) is 24.4 Å². The summed E-state index contributed by atoms with van der Waals surface area (Å²) >= 11 is 6.35. The predicted octanol–water partition coefficient (Wildman–Crippen LogP) is 9.38. The van der Waals surface area contributed by atoms with Gasteiger partial charge < -0.3 is 4.72 Å². The number of fused-ring (bicyclic) bond motifs is 1. The molecule has 0 aliphatic carbocycles. The van der Waals surface area contributed by atoms with Crippen molar-refractivity contribution < 1.29 is 26.7 Å². The molecule has 40 heavy (non-hydrogen) atoms. The molecule has 0 radical (unpaired) electrons. The van der Waals surface area contributed by atoms with Crippen LogP contribution in [0.25, 0.3) is 22.0 Å². The summed E-state index contributed by atoms with van der Waals surface area (Å²) in [6.45, 7) is 9.22. The average Bonchev–Trinajstić information content (AvgIpc) is 2.88. The van der Waals surface area contributed by atoms with E-state index >= 15 is 4.39 Å². The monoisotopic (exact) mass is 596 g/mol. The summed E-state index contributed by atoms with van der Waals surface area (Å²) in [6.07, 6.45) is -3.24. The molecule has 0 saturated carbocycles. The number of rotatable bonds is 5. The van der Waals surface area contributed by atoms with Crippen molar-refractivity contribution in [2.45, 2.75) is 45.7 Å². The van der Waals surface area contributed by atoms with E-state index in [9.17, 15) is 22.4 Å². The number of benzene rings is 3.